The smallest absolute Gasteiger partial charge is 0.228 e. The second-order valence-corrected chi connectivity index (χ2v) is 8.73. The molecule has 4 rings (SSSR count). The summed E-state index contributed by atoms with van der Waals surface area (Å²) in [5.74, 6) is 1.80. The normalized spacial score (nSPS) is 23.1. The molecule has 4 heterocycles. The summed E-state index contributed by atoms with van der Waals surface area (Å²) < 4.78 is 1.72. The standard InChI is InChI=1S/C21H33N7O2/c1-13(2)16-11-25-28-19(27-21(30)14-3-6-22-7-4-14)9-18(26-20(16)28)24-10-15-5-8-23-12-17(15)29/h9,11,13-15,17,22-23,29H,3-8,10,12H2,1-2H3,(H,24,26)(H,27,30)/t15-,17+/m1/s1. The Morgan fingerprint density at radius 3 is 2.77 bits per heavy atom. The number of anilines is 2. The number of fused-ring (bicyclic) bond motifs is 1. The van der Waals surface area contributed by atoms with E-state index < -0.39 is 0 Å². The number of piperidine rings is 2. The minimum absolute atomic E-state index is 0.0101. The maximum Gasteiger partial charge on any atom is 0.228 e. The molecule has 2 aromatic rings. The second-order valence-electron chi connectivity index (χ2n) is 8.73. The first-order valence-electron chi connectivity index (χ1n) is 11.1. The number of hydrogen-bond acceptors (Lipinski definition) is 7. The highest BCUT2D eigenvalue weighted by atomic mass is 16.3. The number of hydrogen-bond donors (Lipinski definition) is 5. The van der Waals surface area contributed by atoms with E-state index in [1.807, 2.05) is 12.3 Å². The highest BCUT2D eigenvalue weighted by Crippen LogP contribution is 2.25. The molecule has 0 aromatic carbocycles. The first kappa shape index (κ1) is 21.0. The van der Waals surface area contributed by atoms with E-state index in [2.05, 4.69) is 40.2 Å². The average molecular weight is 416 g/mol. The molecule has 9 heteroatoms. The van der Waals surface area contributed by atoms with Crippen LogP contribution in [0.4, 0.5) is 11.6 Å². The van der Waals surface area contributed by atoms with Crippen molar-refractivity contribution in [3.05, 3.63) is 17.8 Å². The van der Waals surface area contributed by atoms with Crippen molar-refractivity contribution in [2.45, 2.75) is 45.1 Å². The molecule has 0 aliphatic carbocycles. The molecule has 0 saturated carbocycles. The molecule has 0 radical (unpaired) electrons. The van der Waals surface area contributed by atoms with Crippen LogP contribution in [0, 0.1) is 11.8 Å². The van der Waals surface area contributed by atoms with Crippen molar-refractivity contribution in [1.82, 2.24) is 25.2 Å². The van der Waals surface area contributed by atoms with Crippen molar-refractivity contribution in [3.8, 4) is 0 Å². The van der Waals surface area contributed by atoms with Gasteiger partial charge in [-0.2, -0.15) is 9.61 Å². The monoisotopic (exact) mass is 415 g/mol. The number of carbonyl (C=O) groups is 1. The van der Waals surface area contributed by atoms with Gasteiger partial charge < -0.3 is 26.4 Å². The van der Waals surface area contributed by atoms with Crippen LogP contribution in [0.25, 0.3) is 5.65 Å². The predicted molar refractivity (Wildman–Crippen MR) is 117 cm³/mol. The van der Waals surface area contributed by atoms with Gasteiger partial charge in [-0.05, 0) is 44.8 Å². The Labute approximate surface area is 177 Å². The van der Waals surface area contributed by atoms with Gasteiger partial charge in [-0.25, -0.2) is 4.98 Å². The summed E-state index contributed by atoms with van der Waals surface area (Å²) in [6.07, 6.45) is 4.06. The van der Waals surface area contributed by atoms with Gasteiger partial charge in [0.2, 0.25) is 5.91 Å². The molecule has 9 nitrogen and oxygen atoms in total. The van der Waals surface area contributed by atoms with Crippen LogP contribution >= 0.6 is 0 Å². The van der Waals surface area contributed by atoms with Crippen LogP contribution in [0.15, 0.2) is 12.3 Å². The number of β-amino-alcohol motifs (C(OH)–C–C–N with tert-alkyl or cyclic N) is 1. The lowest BCUT2D eigenvalue weighted by Gasteiger charge is -2.28. The number of rotatable bonds is 6. The van der Waals surface area contributed by atoms with E-state index >= 15 is 0 Å². The summed E-state index contributed by atoms with van der Waals surface area (Å²) in [7, 11) is 0. The zero-order chi connectivity index (χ0) is 21.1. The largest absolute Gasteiger partial charge is 0.391 e. The zero-order valence-corrected chi connectivity index (χ0v) is 17.8. The number of amides is 1. The van der Waals surface area contributed by atoms with Crippen molar-refractivity contribution in [3.63, 3.8) is 0 Å². The molecule has 5 N–H and O–H groups in total. The third-order valence-electron chi connectivity index (χ3n) is 6.22. The van der Waals surface area contributed by atoms with Crippen LogP contribution in [0.2, 0.25) is 0 Å². The minimum atomic E-state index is -0.366. The van der Waals surface area contributed by atoms with E-state index in [1.165, 1.54) is 0 Å². The van der Waals surface area contributed by atoms with Gasteiger partial charge in [-0.1, -0.05) is 13.8 Å². The molecule has 0 unspecified atom stereocenters. The average Bonchev–Trinajstić information content (AvgIpc) is 3.18. The summed E-state index contributed by atoms with van der Waals surface area (Å²) in [5.41, 5.74) is 1.79. The van der Waals surface area contributed by atoms with Crippen molar-refractivity contribution >= 4 is 23.2 Å². The first-order chi connectivity index (χ1) is 14.5. The van der Waals surface area contributed by atoms with Crippen molar-refractivity contribution < 1.29 is 9.90 Å². The Hall–Kier alpha value is -2.23. The first-order valence-corrected chi connectivity index (χ1v) is 11.1. The maximum absolute atomic E-state index is 12.9. The van der Waals surface area contributed by atoms with Gasteiger partial charge in [-0.3, -0.25) is 4.79 Å². The fraction of sp³-hybridized carbons (Fsp3) is 0.667. The summed E-state index contributed by atoms with van der Waals surface area (Å²) in [6, 6.07) is 1.84. The zero-order valence-electron chi connectivity index (χ0n) is 17.8. The van der Waals surface area contributed by atoms with E-state index in [4.69, 9.17) is 4.98 Å². The van der Waals surface area contributed by atoms with Crippen LogP contribution in [0.5, 0.6) is 0 Å². The molecule has 0 bridgehead atoms. The molecule has 2 aliphatic rings. The molecule has 2 saturated heterocycles. The lowest BCUT2D eigenvalue weighted by atomic mass is 9.95. The van der Waals surface area contributed by atoms with Gasteiger partial charge in [0.05, 0.1) is 12.3 Å². The molecular formula is C21H33N7O2. The van der Waals surface area contributed by atoms with Gasteiger partial charge in [0.15, 0.2) is 5.65 Å². The predicted octanol–water partition coefficient (Wildman–Crippen LogP) is 1.17. The van der Waals surface area contributed by atoms with E-state index in [1.54, 1.807) is 4.52 Å². The molecule has 2 aromatic heterocycles. The van der Waals surface area contributed by atoms with Crippen LogP contribution in [0.1, 0.15) is 44.6 Å². The van der Waals surface area contributed by atoms with Crippen molar-refractivity contribution in [2.75, 3.05) is 43.4 Å². The summed E-state index contributed by atoms with van der Waals surface area (Å²) in [5, 5.41) is 27.7. The van der Waals surface area contributed by atoms with Gasteiger partial charge in [0.25, 0.3) is 0 Å². The second kappa shape index (κ2) is 9.28. The molecule has 2 atom stereocenters. The number of aromatic nitrogens is 3. The molecule has 2 fully saturated rings. The van der Waals surface area contributed by atoms with Crippen LogP contribution < -0.4 is 21.3 Å². The molecule has 2 aliphatic heterocycles. The Balaban J connectivity index is 1.58. The molecule has 1 amide bonds. The number of nitrogens with zero attached hydrogens (tertiary/aromatic N) is 3. The topological polar surface area (TPSA) is 116 Å². The number of nitrogens with one attached hydrogen (secondary N) is 4. The summed E-state index contributed by atoms with van der Waals surface area (Å²) >= 11 is 0. The third-order valence-corrected chi connectivity index (χ3v) is 6.22. The Bertz CT molecular complexity index is 876. The SMILES string of the molecule is CC(C)c1cnn2c(NC(=O)C3CCNCC3)cc(NC[C@H]3CCNC[C@@H]3O)nc12. The lowest BCUT2D eigenvalue weighted by Crippen LogP contribution is -2.43. The van der Waals surface area contributed by atoms with Crippen LogP contribution in [0.3, 0.4) is 0 Å². The summed E-state index contributed by atoms with van der Waals surface area (Å²) in [4.78, 5) is 17.6. The number of aliphatic hydroxyl groups excluding tert-OH is 1. The Morgan fingerprint density at radius 2 is 2.03 bits per heavy atom. The molecular weight excluding hydrogens is 382 g/mol. The maximum atomic E-state index is 12.9. The van der Waals surface area contributed by atoms with Gasteiger partial charge >= 0.3 is 0 Å². The van der Waals surface area contributed by atoms with E-state index in [9.17, 15) is 9.90 Å². The quantitative estimate of drug-likeness (QED) is 0.481. The number of aliphatic hydroxyl groups is 1. The Morgan fingerprint density at radius 1 is 1.27 bits per heavy atom. The van der Waals surface area contributed by atoms with Crippen molar-refractivity contribution in [1.29, 1.82) is 0 Å². The third kappa shape index (κ3) is 4.58. The summed E-state index contributed by atoms with van der Waals surface area (Å²) in [6.45, 7) is 8.13. The minimum Gasteiger partial charge on any atom is -0.391 e. The lowest BCUT2D eigenvalue weighted by molar-refractivity contribution is -0.120. The fourth-order valence-electron chi connectivity index (χ4n) is 4.25. The fourth-order valence-corrected chi connectivity index (χ4v) is 4.25. The van der Waals surface area contributed by atoms with Crippen molar-refractivity contribution in [2.24, 2.45) is 11.8 Å². The van der Waals surface area contributed by atoms with Gasteiger partial charge in [0, 0.05) is 36.6 Å². The van der Waals surface area contributed by atoms with Gasteiger partial charge in [-0.15, -0.1) is 0 Å². The number of carbonyl (C=O) groups excluding carboxylic acids is 1. The van der Waals surface area contributed by atoms with E-state index in [0.717, 1.165) is 50.1 Å². The van der Waals surface area contributed by atoms with Crippen LogP contribution in [-0.4, -0.2) is 64.4 Å². The molecule has 30 heavy (non-hydrogen) atoms. The van der Waals surface area contributed by atoms with E-state index in [-0.39, 0.29) is 29.8 Å². The molecule has 0 spiro atoms. The highest BCUT2D eigenvalue weighted by Gasteiger charge is 2.24. The Kier molecular flexibility index (Phi) is 6.50. The van der Waals surface area contributed by atoms with Crippen LogP contribution in [-0.2, 0) is 4.79 Å². The van der Waals surface area contributed by atoms with Gasteiger partial charge in [0.1, 0.15) is 11.6 Å². The molecule has 164 valence electrons. The van der Waals surface area contributed by atoms with E-state index in [0.29, 0.717) is 24.7 Å². The highest BCUT2D eigenvalue weighted by molar-refractivity contribution is 5.92.